The minimum Gasteiger partial charge on any atom is -0.330 e. The molecule has 0 saturated carbocycles. The van der Waals surface area contributed by atoms with E-state index in [9.17, 15) is 0 Å². The first-order valence-corrected chi connectivity index (χ1v) is 6.57. The minimum absolute atomic E-state index is 0.831. The molecule has 0 aromatic rings. The van der Waals surface area contributed by atoms with Gasteiger partial charge in [-0.2, -0.15) is 11.8 Å². The maximum Gasteiger partial charge on any atom is 0.0119 e. The van der Waals surface area contributed by atoms with Crippen LogP contribution >= 0.6 is 11.8 Å². The number of nitrogens with two attached hydrogens (primary N) is 1. The van der Waals surface area contributed by atoms with E-state index in [4.69, 9.17) is 5.73 Å². The van der Waals surface area contributed by atoms with Gasteiger partial charge in [0, 0.05) is 6.04 Å². The lowest BCUT2D eigenvalue weighted by molar-refractivity contribution is 0.0802. The van der Waals surface area contributed by atoms with Gasteiger partial charge in [-0.25, -0.2) is 0 Å². The summed E-state index contributed by atoms with van der Waals surface area (Å²) in [5, 5.41) is 0. The highest BCUT2D eigenvalue weighted by molar-refractivity contribution is 8.00. The van der Waals surface area contributed by atoms with Gasteiger partial charge >= 0.3 is 0 Å². The number of likely N-dealkylation sites (tertiary alicyclic amines) is 1. The van der Waals surface area contributed by atoms with E-state index < -0.39 is 0 Å². The third-order valence-electron chi connectivity index (χ3n) is 3.30. The van der Waals surface area contributed by atoms with Gasteiger partial charge in [-0.05, 0) is 56.3 Å². The molecule has 0 spiro atoms. The number of nitrogens with zero attached hydrogens (tertiary/aromatic N) is 1. The summed E-state index contributed by atoms with van der Waals surface area (Å²) in [4.78, 5) is 2.62. The summed E-state index contributed by atoms with van der Waals surface area (Å²) in [5.41, 5.74) is 5.56. The molecule has 2 rings (SSSR count). The van der Waals surface area contributed by atoms with Crippen molar-refractivity contribution in [2.45, 2.75) is 25.3 Å². The largest absolute Gasteiger partial charge is 0.330 e. The van der Waals surface area contributed by atoms with Gasteiger partial charge < -0.3 is 10.6 Å². The molecule has 76 valence electrons. The van der Waals surface area contributed by atoms with Gasteiger partial charge in [-0.1, -0.05) is 0 Å². The second kappa shape index (κ2) is 4.67. The molecule has 1 atom stereocenters. The lowest BCUT2D eigenvalue weighted by Crippen LogP contribution is -2.49. The van der Waals surface area contributed by atoms with Crippen LogP contribution in [0.2, 0.25) is 0 Å². The SMILES string of the molecule is NCCC1CCN1CCC1CSC1. The Kier molecular flexibility index (Phi) is 3.52. The first kappa shape index (κ1) is 9.81. The number of thioether (sulfide) groups is 1. The fourth-order valence-electron chi connectivity index (χ4n) is 2.11. The Hall–Kier alpha value is 0.270. The van der Waals surface area contributed by atoms with E-state index in [0.29, 0.717) is 0 Å². The lowest BCUT2D eigenvalue weighted by Gasteiger charge is -2.42. The molecule has 0 aromatic heterocycles. The van der Waals surface area contributed by atoms with Crippen LogP contribution < -0.4 is 5.73 Å². The average Bonchev–Trinajstić information content (AvgIpc) is 2.03. The number of hydrogen-bond donors (Lipinski definition) is 1. The van der Waals surface area contributed by atoms with Gasteiger partial charge in [0.2, 0.25) is 0 Å². The Bertz CT molecular complexity index is 159. The number of rotatable bonds is 5. The van der Waals surface area contributed by atoms with Crippen LogP contribution in [0.15, 0.2) is 0 Å². The van der Waals surface area contributed by atoms with Crippen LogP contribution in [0.5, 0.6) is 0 Å². The maximum absolute atomic E-state index is 5.56. The van der Waals surface area contributed by atoms with E-state index in [0.717, 1.165) is 18.5 Å². The summed E-state index contributed by atoms with van der Waals surface area (Å²) in [7, 11) is 0. The zero-order valence-corrected chi connectivity index (χ0v) is 9.06. The second-order valence-electron chi connectivity index (χ2n) is 4.25. The van der Waals surface area contributed by atoms with Crippen LogP contribution in [0.25, 0.3) is 0 Å². The van der Waals surface area contributed by atoms with Crippen molar-refractivity contribution in [3.05, 3.63) is 0 Å². The van der Waals surface area contributed by atoms with Gasteiger partial charge in [0.25, 0.3) is 0 Å². The fourth-order valence-corrected chi connectivity index (χ4v) is 3.01. The summed E-state index contributed by atoms with van der Waals surface area (Å²) in [6.45, 7) is 3.51. The molecule has 13 heavy (non-hydrogen) atoms. The normalized spacial score (nSPS) is 29.8. The third-order valence-corrected chi connectivity index (χ3v) is 4.71. The van der Waals surface area contributed by atoms with E-state index in [1.54, 1.807) is 0 Å². The van der Waals surface area contributed by atoms with E-state index in [1.165, 1.54) is 43.9 Å². The Morgan fingerprint density at radius 3 is 2.62 bits per heavy atom. The van der Waals surface area contributed by atoms with Gasteiger partial charge in [0.1, 0.15) is 0 Å². The third kappa shape index (κ3) is 2.39. The maximum atomic E-state index is 5.56. The minimum atomic E-state index is 0.831. The van der Waals surface area contributed by atoms with Crippen molar-refractivity contribution in [2.75, 3.05) is 31.1 Å². The van der Waals surface area contributed by atoms with Crippen molar-refractivity contribution in [1.82, 2.24) is 4.90 Å². The van der Waals surface area contributed by atoms with Crippen LogP contribution in [-0.4, -0.2) is 42.1 Å². The van der Waals surface area contributed by atoms with Crippen molar-refractivity contribution in [2.24, 2.45) is 11.7 Å². The van der Waals surface area contributed by atoms with Crippen molar-refractivity contribution in [3.8, 4) is 0 Å². The summed E-state index contributed by atoms with van der Waals surface area (Å²) in [6, 6.07) is 0.831. The van der Waals surface area contributed by atoms with Crippen LogP contribution in [0.4, 0.5) is 0 Å². The van der Waals surface area contributed by atoms with E-state index in [2.05, 4.69) is 16.7 Å². The van der Waals surface area contributed by atoms with Gasteiger partial charge in [-0.15, -0.1) is 0 Å². The molecular formula is C10H20N2S. The molecule has 2 saturated heterocycles. The molecule has 2 nitrogen and oxygen atoms in total. The molecule has 1 unspecified atom stereocenters. The molecule has 2 aliphatic rings. The fraction of sp³-hybridized carbons (Fsp3) is 1.00. The molecule has 3 heteroatoms. The molecule has 0 aromatic carbocycles. The quantitative estimate of drug-likeness (QED) is 0.722. The Labute approximate surface area is 85.2 Å². The molecule has 2 aliphatic heterocycles. The zero-order valence-electron chi connectivity index (χ0n) is 8.24. The van der Waals surface area contributed by atoms with Gasteiger partial charge in [0.05, 0.1) is 0 Å². The van der Waals surface area contributed by atoms with Crippen molar-refractivity contribution in [1.29, 1.82) is 0 Å². The smallest absolute Gasteiger partial charge is 0.0119 e. The number of hydrogen-bond acceptors (Lipinski definition) is 3. The highest BCUT2D eigenvalue weighted by Crippen LogP contribution is 2.29. The highest BCUT2D eigenvalue weighted by atomic mass is 32.2. The average molecular weight is 200 g/mol. The van der Waals surface area contributed by atoms with Gasteiger partial charge in [-0.3, -0.25) is 0 Å². The van der Waals surface area contributed by atoms with Crippen molar-refractivity contribution in [3.63, 3.8) is 0 Å². The molecular weight excluding hydrogens is 180 g/mol. The van der Waals surface area contributed by atoms with Crippen LogP contribution in [0.3, 0.4) is 0 Å². The van der Waals surface area contributed by atoms with Gasteiger partial charge in [0.15, 0.2) is 0 Å². The Morgan fingerprint density at radius 2 is 2.15 bits per heavy atom. The highest BCUT2D eigenvalue weighted by Gasteiger charge is 2.28. The first-order valence-electron chi connectivity index (χ1n) is 5.42. The molecule has 0 bridgehead atoms. The molecule has 0 aliphatic carbocycles. The standard InChI is InChI=1S/C10H20N2S/c11-4-1-10-3-6-12(10)5-2-9-7-13-8-9/h9-10H,1-8,11H2. The predicted molar refractivity (Wildman–Crippen MR) is 59.1 cm³/mol. The second-order valence-corrected chi connectivity index (χ2v) is 5.32. The summed E-state index contributed by atoms with van der Waals surface area (Å²) in [5.74, 6) is 3.86. The van der Waals surface area contributed by atoms with E-state index in [-0.39, 0.29) is 0 Å². The summed E-state index contributed by atoms with van der Waals surface area (Å²) in [6.07, 6.45) is 4.02. The van der Waals surface area contributed by atoms with Crippen LogP contribution in [0.1, 0.15) is 19.3 Å². The Morgan fingerprint density at radius 1 is 1.31 bits per heavy atom. The summed E-state index contributed by atoms with van der Waals surface area (Å²) >= 11 is 2.09. The van der Waals surface area contributed by atoms with Crippen LogP contribution in [-0.2, 0) is 0 Å². The monoisotopic (exact) mass is 200 g/mol. The molecule has 0 radical (unpaired) electrons. The van der Waals surface area contributed by atoms with E-state index in [1.807, 2.05) is 0 Å². The lowest BCUT2D eigenvalue weighted by atomic mass is 9.98. The summed E-state index contributed by atoms with van der Waals surface area (Å²) < 4.78 is 0. The molecule has 2 N–H and O–H groups in total. The predicted octanol–water partition coefficient (Wildman–Crippen LogP) is 1.16. The van der Waals surface area contributed by atoms with Crippen molar-refractivity contribution < 1.29 is 0 Å². The molecule has 0 amide bonds. The zero-order chi connectivity index (χ0) is 9.10. The van der Waals surface area contributed by atoms with E-state index >= 15 is 0 Å². The molecule has 2 heterocycles. The van der Waals surface area contributed by atoms with Crippen molar-refractivity contribution >= 4 is 11.8 Å². The molecule has 2 fully saturated rings. The topological polar surface area (TPSA) is 29.3 Å². The first-order chi connectivity index (χ1) is 6.40. The van der Waals surface area contributed by atoms with Crippen LogP contribution in [0, 0.1) is 5.92 Å². The Balaban J connectivity index is 1.58.